The minimum absolute atomic E-state index is 0.322. The first kappa shape index (κ1) is 14.5. The molecular weight excluding hydrogens is 273 g/mol. The predicted molar refractivity (Wildman–Crippen MR) is 55.7 cm³/mol. The van der Waals surface area contributed by atoms with Gasteiger partial charge >= 0.3 is 12.1 Å². The van der Waals surface area contributed by atoms with Gasteiger partial charge in [-0.05, 0) is 24.3 Å². The van der Waals surface area contributed by atoms with Crippen LogP contribution in [-0.2, 0) is 20.8 Å². The van der Waals surface area contributed by atoms with Crippen LogP contribution in [0.1, 0.15) is 12.0 Å². The third-order valence-electron chi connectivity index (χ3n) is 2.13. The zero-order chi connectivity index (χ0) is 14.0. The van der Waals surface area contributed by atoms with Crippen LogP contribution in [0.2, 0.25) is 0 Å². The number of carboxylic acid groups (broad SMARTS) is 1. The Labute approximate surface area is 101 Å². The summed E-state index contributed by atoms with van der Waals surface area (Å²) in [5.41, 5.74) is -0.959. The molecule has 0 unspecified atom stereocenters. The molecule has 18 heavy (non-hydrogen) atoms. The van der Waals surface area contributed by atoms with Crippen LogP contribution in [0.3, 0.4) is 0 Å². The molecule has 100 valence electrons. The van der Waals surface area contributed by atoms with Gasteiger partial charge in [-0.2, -0.15) is 13.2 Å². The van der Waals surface area contributed by atoms with Crippen LogP contribution in [0.25, 0.3) is 0 Å². The molecule has 0 aromatic heterocycles. The van der Waals surface area contributed by atoms with E-state index in [1.807, 2.05) is 0 Å². The Kier molecular flexibility index (Phi) is 4.00. The Bertz CT molecular complexity index is 531. The van der Waals surface area contributed by atoms with Crippen LogP contribution in [0.15, 0.2) is 29.2 Å². The van der Waals surface area contributed by atoms with Crippen molar-refractivity contribution in [1.82, 2.24) is 0 Å². The molecule has 0 atom stereocenters. The lowest BCUT2D eigenvalue weighted by atomic mass is 10.2. The molecule has 0 aliphatic rings. The minimum Gasteiger partial charge on any atom is -0.481 e. The number of hydrogen-bond donors (Lipinski definition) is 1. The Balaban J connectivity index is 2.95. The van der Waals surface area contributed by atoms with Crippen molar-refractivity contribution in [3.8, 4) is 0 Å². The predicted octanol–water partition coefficient (Wildman–Crippen LogP) is 1.95. The highest BCUT2D eigenvalue weighted by molar-refractivity contribution is 7.91. The Hall–Kier alpha value is -1.57. The van der Waals surface area contributed by atoms with E-state index in [0.29, 0.717) is 12.1 Å². The fraction of sp³-hybridized carbons (Fsp3) is 0.300. The number of aliphatic carboxylic acids is 1. The van der Waals surface area contributed by atoms with Gasteiger partial charge in [0.2, 0.25) is 0 Å². The topological polar surface area (TPSA) is 71.4 Å². The molecule has 0 bridgehead atoms. The van der Waals surface area contributed by atoms with Crippen molar-refractivity contribution >= 4 is 15.8 Å². The average molecular weight is 282 g/mol. The molecule has 4 nitrogen and oxygen atoms in total. The van der Waals surface area contributed by atoms with Gasteiger partial charge < -0.3 is 5.11 Å². The third kappa shape index (κ3) is 3.73. The lowest BCUT2D eigenvalue weighted by Crippen LogP contribution is -2.11. The maximum Gasteiger partial charge on any atom is 0.416 e. The maximum absolute atomic E-state index is 12.2. The molecule has 0 heterocycles. The monoisotopic (exact) mass is 282 g/mol. The lowest BCUT2D eigenvalue weighted by molar-refractivity contribution is -0.138. The van der Waals surface area contributed by atoms with Crippen molar-refractivity contribution in [2.45, 2.75) is 17.5 Å². The van der Waals surface area contributed by atoms with Crippen molar-refractivity contribution in [3.63, 3.8) is 0 Å². The zero-order valence-electron chi connectivity index (χ0n) is 8.94. The maximum atomic E-state index is 12.2. The highest BCUT2D eigenvalue weighted by Crippen LogP contribution is 2.29. The van der Waals surface area contributed by atoms with Crippen molar-refractivity contribution in [3.05, 3.63) is 29.8 Å². The lowest BCUT2D eigenvalue weighted by Gasteiger charge is -2.07. The third-order valence-corrected chi connectivity index (χ3v) is 3.86. The zero-order valence-corrected chi connectivity index (χ0v) is 9.75. The summed E-state index contributed by atoms with van der Waals surface area (Å²) in [6.45, 7) is 0. The van der Waals surface area contributed by atoms with E-state index in [2.05, 4.69) is 0 Å². The molecule has 0 amide bonds. The number of carboxylic acids is 1. The van der Waals surface area contributed by atoms with E-state index >= 15 is 0 Å². The first-order valence-electron chi connectivity index (χ1n) is 4.75. The molecule has 0 aliphatic carbocycles. The van der Waals surface area contributed by atoms with Gasteiger partial charge in [0.1, 0.15) is 0 Å². The van der Waals surface area contributed by atoms with Gasteiger partial charge in [0.05, 0.1) is 22.6 Å². The standard InChI is InChI=1S/C10H9F3O4S/c11-10(12,13)7-1-3-8(4-2-7)18(16,17)6-5-9(14)15/h1-4H,5-6H2,(H,14,15). The number of halogens is 3. The number of sulfone groups is 1. The number of alkyl halides is 3. The molecule has 1 rings (SSSR count). The van der Waals surface area contributed by atoms with Crippen molar-refractivity contribution in [2.75, 3.05) is 5.75 Å². The molecule has 1 aromatic rings. The van der Waals surface area contributed by atoms with Gasteiger partial charge in [-0.1, -0.05) is 0 Å². The second-order valence-electron chi connectivity index (χ2n) is 3.48. The van der Waals surface area contributed by atoms with Gasteiger partial charge in [-0.25, -0.2) is 8.42 Å². The van der Waals surface area contributed by atoms with Crippen molar-refractivity contribution in [1.29, 1.82) is 0 Å². The summed E-state index contributed by atoms with van der Waals surface area (Å²) in [5, 5.41) is 8.36. The number of hydrogen-bond acceptors (Lipinski definition) is 3. The molecule has 1 N–H and O–H groups in total. The highest BCUT2D eigenvalue weighted by Gasteiger charge is 2.30. The number of rotatable bonds is 4. The second kappa shape index (κ2) is 4.97. The van der Waals surface area contributed by atoms with E-state index in [9.17, 15) is 26.4 Å². The second-order valence-corrected chi connectivity index (χ2v) is 5.59. The van der Waals surface area contributed by atoms with Crippen LogP contribution in [0.4, 0.5) is 13.2 Å². The molecule has 1 aromatic carbocycles. The minimum atomic E-state index is -4.54. The van der Waals surface area contributed by atoms with E-state index < -0.39 is 39.7 Å². The fourth-order valence-electron chi connectivity index (χ4n) is 1.19. The summed E-state index contributed by atoms with van der Waals surface area (Å²) in [5.74, 6) is -1.93. The summed E-state index contributed by atoms with van der Waals surface area (Å²) in [6, 6.07) is 2.93. The summed E-state index contributed by atoms with van der Waals surface area (Å²) in [6.07, 6.45) is -5.13. The van der Waals surface area contributed by atoms with Gasteiger partial charge in [0.25, 0.3) is 0 Å². The van der Waals surface area contributed by atoms with Crippen LogP contribution in [-0.4, -0.2) is 25.2 Å². The smallest absolute Gasteiger partial charge is 0.416 e. The molecule has 8 heteroatoms. The summed E-state index contributed by atoms with van der Waals surface area (Å²) >= 11 is 0. The normalized spacial score (nSPS) is 12.4. The Morgan fingerprint density at radius 1 is 1.17 bits per heavy atom. The average Bonchev–Trinajstić information content (AvgIpc) is 2.26. The van der Waals surface area contributed by atoms with E-state index in [0.717, 1.165) is 12.1 Å². The summed E-state index contributed by atoms with van der Waals surface area (Å²) in [7, 11) is -3.87. The van der Waals surface area contributed by atoms with Gasteiger partial charge in [0.15, 0.2) is 9.84 Å². The van der Waals surface area contributed by atoms with E-state index in [1.165, 1.54) is 0 Å². The molecule has 0 fully saturated rings. The van der Waals surface area contributed by atoms with Crippen LogP contribution in [0, 0.1) is 0 Å². The molecule has 0 saturated carbocycles. The van der Waals surface area contributed by atoms with E-state index in [-0.39, 0.29) is 4.90 Å². The Morgan fingerprint density at radius 2 is 1.67 bits per heavy atom. The van der Waals surface area contributed by atoms with E-state index in [4.69, 9.17) is 5.11 Å². The van der Waals surface area contributed by atoms with Gasteiger partial charge in [-0.3, -0.25) is 4.79 Å². The SMILES string of the molecule is O=C(O)CCS(=O)(=O)c1ccc(C(F)(F)F)cc1. The van der Waals surface area contributed by atoms with Crippen molar-refractivity contribution in [2.24, 2.45) is 0 Å². The molecule has 0 saturated heterocycles. The summed E-state index contributed by atoms with van der Waals surface area (Å²) in [4.78, 5) is 9.93. The van der Waals surface area contributed by atoms with Crippen LogP contribution < -0.4 is 0 Å². The van der Waals surface area contributed by atoms with Gasteiger partial charge in [0, 0.05) is 0 Å². The molecular formula is C10H9F3O4S. The largest absolute Gasteiger partial charge is 0.481 e. The first-order chi connectivity index (χ1) is 8.13. The highest BCUT2D eigenvalue weighted by atomic mass is 32.2. The fourth-order valence-corrected chi connectivity index (χ4v) is 2.42. The first-order valence-corrected chi connectivity index (χ1v) is 6.40. The molecule has 0 spiro atoms. The van der Waals surface area contributed by atoms with E-state index in [1.54, 1.807) is 0 Å². The summed E-state index contributed by atoms with van der Waals surface area (Å²) < 4.78 is 59.8. The molecule has 0 aliphatic heterocycles. The quantitative estimate of drug-likeness (QED) is 0.916. The molecule has 0 radical (unpaired) electrons. The van der Waals surface area contributed by atoms with Crippen molar-refractivity contribution < 1.29 is 31.5 Å². The number of carbonyl (C=O) groups is 1. The van der Waals surface area contributed by atoms with Crippen LogP contribution in [0.5, 0.6) is 0 Å². The number of benzene rings is 1. The Morgan fingerprint density at radius 3 is 2.06 bits per heavy atom. The van der Waals surface area contributed by atoms with Gasteiger partial charge in [-0.15, -0.1) is 0 Å². The van der Waals surface area contributed by atoms with Crippen LogP contribution >= 0.6 is 0 Å².